The number of aliphatic carboxylic acids is 1. The van der Waals surface area contributed by atoms with Gasteiger partial charge < -0.3 is 10.2 Å². The summed E-state index contributed by atoms with van der Waals surface area (Å²) in [4.78, 5) is 10.6. The van der Waals surface area contributed by atoms with E-state index in [9.17, 15) is 14.3 Å². The molecule has 4 heteroatoms. The van der Waals surface area contributed by atoms with Crippen molar-refractivity contribution in [3.05, 3.63) is 35.6 Å². The van der Waals surface area contributed by atoms with Crippen molar-refractivity contribution in [2.45, 2.75) is 25.4 Å². The Labute approximate surface area is 87.2 Å². The van der Waals surface area contributed by atoms with Gasteiger partial charge in [0.25, 0.3) is 0 Å². The molecular formula is C11H13FO3. The molecule has 0 bridgehead atoms. The highest BCUT2D eigenvalue weighted by Gasteiger charge is 2.28. The minimum absolute atomic E-state index is 0.105. The fraction of sp³-hybridized carbons (Fsp3) is 0.364. The van der Waals surface area contributed by atoms with E-state index in [0.717, 1.165) is 5.56 Å². The monoisotopic (exact) mass is 212 g/mol. The summed E-state index contributed by atoms with van der Waals surface area (Å²) in [6.45, 7) is 1.25. The highest BCUT2D eigenvalue weighted by Crippen LogP contribution is 2.14. The first-order valence-corrected chi connectivity index (χ1v) is 4.62. The van der Waals surface area contributed by atoms with E-state index in [4.69, 9.17) is 5.11 Å². The van der Waals surface area contributed by atoms with Crippen LogP contribution in [0, 0.1) is 5.82 Å². The Morgan fingerprint density at radius 2 is 1.93 bits per heavy atom. The molecule has 1 atom stereocenters. The molecule has 0 spiro atoms. The van der Waals surface area contributed by atoms with Crippen molar-refractivity contribution in [3.8, 4) is 0 Å². The quantitative estimate of drug-likeness (QED) is 0.796. The third-order valence-corrected chi connectivity index (χ3v) is 2.27. The van der Waals surface area contributed by atoms with E-state index in [0.29, 0.717) is 6.42 Å². The van der Waals surface area contributed by atoms with Crippen LogP contribution in [0.2, 0.25) is 0 Å². The molecule has 15 heavy (non-hydrogen) atoms. The van der Waals surface area contributed by atoms with Crippen molar-refractivity contribution >= 4 is 5.97 Å². The molecule has 1 rings (SSSR count). The smallest absolute Gasteiger partial charge is 0.335 e. The maximum absolute atomic E-state index is 12.5. The van der Waals surface area contributed by atoms with Crippen LogP contribution in [0.25, 0.3) is 0 Å². The summed E-state index contributed by atoms with van der Waals surface area (Å²) < 4.78 is 12.5. The average molecular weight is 212 g/mol. The van der Waals surface area contributed by atoms with Crippen LogP contribution in [0.4, 0.5) is 4.39 Å². The van der Waals surface area contributed by atoms with E-state index in [1.807, 2.05) is 0 Å². The minimum Gasteiger partial charge on any atom is -0.479 e. The third kappa shape index (κ3) is 3.32. The van der Waals surface area contributed by atoms with Crippen LogP contribution in [0.15, 0.2) is 24.3 Å². The number of benzene rings is 1. The van der Waals surface area contributed by atoms with Gasteiger partial charge in [0.05, 0.1) is 0 Å². The predicted octanol–water partition coefficient (Wildman–Crippen LogP) is 1.59. The molecule has 2 N–H and O–H groups in total. The summed E-state index contributed by atoms with van der Waals surface area (Å²) in [6.07, 6.45) is 0.507. The van der Waals surface area contributed by atoms with Gasteiger partial charge in [-0.15, -0.1) is 0 Å². The summed E-state index contributed by atoms with van der Waals surface area (Å²) in [5.74, 6) is -1.58. The van der Waals surface area contributed by atoms with Crippen LogP contribution in [0.3, 0.4) is 0 Å². The maximum Gasteiger partial charge on any atom is 0.335 e. The molecule has 0 aliphatic rings. The van der Waals surface area contributed by atoms with Gasteiger partial charge in [0.15, 0.2) is 5.60 Å². The third-order valence-electron chi connectivity index (χ3n) is 2.27. The van der Waals surface area contributed by atoms with E-state index in [-0.39, 0.29) is 12.2 Å². The molecule has 0 aliphatic heterocycles. The van der Waals surface area contributed by atoms with E-state index in [1.165, 1.54) is 19.1 Å². The van der Waals surface area contributed by atoms with E-state index in [2.05, 4.69) is 0 Å². The first-order valence-electron chi connectivity index (χ1n) is 4.62. The number of hydrogen-bond acceptors (Lipinski definition) is 2. The highest BCUT2D eigenvalue weighted by molar-refractivity contribution is 5.76. The van der Waals surface area contributed by atoms with Gasteiger partial charge >= 0.3 is 5.97 Å². The van der Waals surface area contributed by atoms with E-state index < -0.39 is 11.6 Å². The Morgan fingerprint density at radius 3 is 2.40 bits per heavy atom. The second-order valence-corrected chi connectivity index (χ2v) is 3.71. The van der Waals surface area contributed by atoms with Crippen molar-refractivity contribution in [1.82, 2.24) is 0 Å². The van der Waals surface area contributed by atoms with Gasteiger partial charge in [-0.05, 0) is 37.5 Å². The first kappa shape index (κ1) is 11.7. The number of aliphatic hydroxyl groups is 1. The fourth-order valence-electron chi connectivity index (χ4n) is 1.15. The van der Waals surface area contributed by atoms with Gasteiger partial charge in [0, 0.05) is 0 Å². The zero-order valence-corrected chi connectivity index (χ0v) is 8.40. The van der Waals surface area contributed by atoms with Crippen molar-refractivity contribution < 1.29 is 19.4 Å². The zero-order chi connectivity index (χ0) is 11.5. The average Bonchev–Trinajstić information content (AvgIpc) is 2.17. The van der Waals surface area contributed by atoms with Crippen LogP contribution in [0.1, 0.15) is 18.9 Å². The van der Waals surface area contributed by atoms with Gasteiger partial charge in [-0.1, -0.05) is 12.1 Å². The van der Waals surface area contributed by atoms with Crippen molar-refractivity contribution in [1.29, 1.82) is 0 Å². The summed E-state index contributed by atoms with van der Waals surface area (Å²) in [6, 6.07) is 5.77. The maximum atomic E-state index is 12.5. The first-order chi connectivity index (χ1) is 6.92. The Balaban J connectivity index is 2.57. The molecule has 0 fully saturated rings. The zero-order valence-electron chi connectivity index (χ0n) is 8.40. The molecule has 1 unspecified atom stereocenters. The number of hydrogen-bond donors (Lipinski definition) is 2. The van der Waals surface area contributed by atoms with Crippen LogP contribution >= 0.6 is 0 Å². The van der Waals surface area contributed by atoms with Crippen LogP contribution in [-0.4, -0.2) is 21.8 Å². The lowest BCUT2D eigenvalue weighted by Gasteiger charge is -2.17. The number of carboxylic acids is 1. The van der Waals surface area contributed by atoms with Gasteiger partial charge in [0.1, 0.15) is 5.82 Å². The lowest BCUT2D eigenvalue weighted by Crippen LogP contribution is -2.35. The van der Waals surface area contributed by atoms with Gasteiger partial charge in [0.2, 0.25) is 0 Å². The molecule has 82 valence electrons. The standard InChI is InChI=1S/C11H13FO3/c1-11(15,10(13)14)7-6-8-2-4-9(12)5-3-8/h2-5,15H,6-7H2,1H3,(H,13,14). The number of rotatable bonds is 4. The van der Waals surface area contributed by atoms with Crippen molar-refractivity contribution in [2.75, 3.05) is 0 Å². The van der Waals surface area contributed by atoms with Crippen LogP contribution in [-0.2, 0) is 11.2 Å². The second kappa shape index (κ2) is 4.40. The molecule has 0 saturated carbocycles. The van der Waals surface area contributed by atoms with Gasteiger partial charge in [-0.3, -0.25) is 0 Å². The molecule has 0 radical (unpaired) electrons. The number of halogens is 1. The Morgan fingerprint density at radius 1 is 1.40 bits per heavy atom. The molecule has 0 amide bonds. The molecule has 0 aliphatic carbocycles. The molecule has 0 saturated heterocycles. The summed E-state index contributed by atoms with van der Waals surface area (Å²) >= 11 is 0. The number of carboxylic acid groups (broad SMARTS) is 1. The molecule has 1 aromatic carbocycles. The Kier molecular flexibility index (Phi) is 3.42. The van der Waals surface area contributed by atoms with Crippen LogP contribution in [0.5, 0.6) is 0 Å². The van der Waals surface area contributed by atoms with Crippen LogP contribution < -0.4 is 0 Å². The number of aryl methyl sites for hydroxylation is 1. The van der Waals surface area contributed by atoms with Crippen molar-refractivity contribution in [3.63, 3.8) is 0 Å². The Hall–Kier alpha value is -1.42. The van der Waals surface area contributed by atoms with Crippen molar-refractivity contribution in [2.24, 2.45) is 0 Å². The lowest BCUT2D eigenvalue weighted by molar-refractivity contribution is -0.157. The molecular weight excluding hydrogens is 199 g/mol. The largest absolute Gasteiger partial charge is 0.479 e. The van der Waals surface area contributed by atoms with Gasteiger partial charge in [-0.25, -0.2) is 9.18 Å². The molecule has 0 heterocycles. The normalized spacial score (nSPS) is 14.6. The van der Waals surface area contributed by atoms with E-state index in [1.54, 1.807) is 12.1 Å². The number of carbonyl (C=O) groups is 1. The van der Waals surface area contributed by atoms with Gasteiger partial charge in [-0.2, -0.15) is 0 Å². The summed E-state index contributed by atoms with van der Waals surface area (Å²) in [5.41, 5.74) is -0.924. The topological polar surface area (TPSA) is 57.5 Å². The predicted molar refractivity (Wildman–Crippen MR) is 53.0 cm³/mol. The van der Waals surface area contributed by atoms with E-state index >= 15 is 0 Å². The molecule has 1 aromatic rings. The fourth-order valence-corrected chi connectivity index (χ4v) is 1.15. The minimum atomic E-state index is -1.73. The summed E-state index contributed by atoms with van der Waals surface area (Å²) in [5, 5.41) is 18.1. The highest BCUT2D eigenvalue weighted by atomic mass is 19.1. The summed E-state index contributed by atoms with van der Waals surface area (Å²) in [7, 11) is 0. The molecule has 3 nitrogen and oxygen atoms in total. The Bertz CT molecular complexity index is 343. The lowest BCUT2D eigenvalue weighted by atomic mass is 9.97. The SMILES string of the molecule is CC(O)(CCc1ccc(F)cc1)C(=O)O. The molecule has 0 aromatic heterocycles. The second-order valence-electron chi connectivity index (χ2n) is 3.71.